The van der Waals surface area contributed by atoms with Gasteiger partial charge in [-0.15, -0.1) is 0 Å². The van der Waals surface area contributed by atoms with E-state index in [0.717, 1.165) is 5.56 Å². The van der Waals surface area contributed by atoms with E-state index in [0.29, 0.717) is 21.5 Å². The zero-order valence-electron chi connectivity index (χ0n) is 11.9. The van der Waals surface area contributed by atoms with E-state index < -0.39 is 10.8 Å². The smallest absolute Gasteiger partial charge is 0.321 e. The SMILES string of the molecule is Cc1c(Cl)cc(NC(=O)N(C)[C@@H](C)C[S@@](C)=O)cc1Cl. The van der Waals surface area contributed by atoms with Gasteiger partial charge in [-0.2, -0.15) is 0 Å². The summed E-state index contributed by atoms with van der Waals surface area (Å²) in [5.41, 5.74) is 1.31. The molecule has 0 radical (unpaired) electrons. The number of anilines is 1. The lowest BCUT2D eigenvalue weighted by molar-refractivity contribution is 0.212. The number of carbonyl (C=O) groups excluding carboxylic acids is 1. The maximum absolute atomic E-state index is 12.1. The van der Waals surface area contributed by atoms with Crippen LogP contribution in [0, 0.1) is 6.92 Å². The Labute approximate surface area is 131 Å². The van der Waals surface area contributed by atoms with Crippen molar-refractivity contribution in [2.75, 3.05) is 24.4 Å². The fourth-order valence-corrected chi connectivity index (χ4v) is 2.97. The van der Waals surface area contributed by atoms with Gasteiger partial charge < -0.3 is 10.2 Å². The summed E-state index contributed by atoms with van der Waals surface area (Å²) < 4.78 is 11.2. The Morgan fingerprint density at radius 1 is 1.40 bits per heavy atom. The maximum Gasteiger partial charge on any atom is 0.321 e. The highest BCUT2D eigenvalue weighted by molar-refractivity contribution is 7.84. The van der Waals surface area contributed by atoms with Gasteiger partial charge in [0.25, 0.3) is 0 Å². The van der Waals surface area contributed by atoms with Crippen molar-refractivity contribution in [1.29, 1.82) is 0 Å². The number of nitrogens with one attached hydrogen (secondary N) is 1. The predicted molar refractivity (Wildman–Crippen MR) is 86.4 cm³/mol. The molecule has 7 heteroatoms. The third-order valence-corrected chi connectivity index (χ3v) is 4.73. The van der Waals surface area contributed by atoms with Crippen molar-refractivity contribution in [2.24, 2.45) is 0 Å². The van der Waals surface area contributed by atoms with Gasteiger partial charge in [0.1, 0.15) is 0 Å². The monoisotopic (exact) mass is 336 g/mol. The molecule has 1 aromatic rings. The Morgan fingerprint density at radius 3 is 2.35 bits per heavy atom. The maximum atomic E-state index is 12.1. The molecule has 0 aromatic heterocycles. The normalized spacial score (nSPS) is 13.7. The van der Waals surface area contributed by atoms with Gasteiger partial charge in [-0.25, -0.2) is 4.79 Å². The van der Waals surface area contributed by atoms with Crippen molar-refractivity contribution in [3.05, 3.63) is 27.7 Å². The summed E-state index contributed by atoms with van der Waals surface area (Å²) in [7, 11) is 0.703. The van der Waals surface area contributed by atoms with E-state index in [-0.39, 0.29) is 12.1 Å². The van der Waals surface area contributed by atoms with Crippen LogP contribution in [-0.2, 0) is 10.8 Å². The third-order valence-electron chi connectivity index (χ3n) is 2.99. The summed E-state index contributed by atoms with van der Waals surface area (Å²) in [6.45, 7) is 3.65. The van der Waals surface area contributed by atoms with Gasteiger partial charge in [-0.1, -0.05) is 23.2 Å². The Hall–Kier alpha value is -0.780. The first kappa shape index (κ1) is 17.3. The molecule has 0 saturated heterocycles. The lowest BCUT2D eigenvalue weighted by Crippen LogP contribution is -2.40. The van der Waals surface area contributed by atoms with Crippen LogP contribution in [0.25, 0.3) is 0 Å². The highest BCUT2D eigenvalue weighted by atomic mass is 35.5. The highest BCUT2D eigenvalue weighted by Gasteiger charge is 2.17. The van der Waals surface area contributed by atoms with Gasteiger partial charge in [0.2, 0.25) is 0 Å². The molecule has 2 atom stereocenters. The number of amides is 2. The first-order valence-electron chi connectivity index (χ1n) is 6.01. The Kier molecular flexibility index (Phi) is 6.30. The second-order valence-electron chi connectivity index (χ2n) is 4.69. The highest BCUT2D eigenvalue weighted by Crippen LogP contribution is 2.28. The van der Waals surface area contributed by atoms with Crippen LogP contribution in [-0.4, -0.2) is 40.2 Å². The van der Waals surface area contributed by atoms with Crippen LogP contribution in [0.2, 0.25) is 10.0 Å². The summed E-state index contributed by atoms with van der Waals surface area (Å²) in [6.07, 6.45) is 1.61. The van der Waals surface area contributed by atoms with Gasteiger partial charge in [0.05, 0.1) is 0 Å². The molecule has 0 aliphatic heterocycles. The van der Waals surface area contributed by atoms with Crippen LogP contribution in [0.5, 0.6) is 0 Å². The molecule has 20 heavy (non-hydrogen) atoms. The van der Waals surface area contributed by atoms with Gasteiger partial charge in [0, 0.05) is 51.6 Å². The minimum absolute atomic E-state index is 0.128. The molecule has 4 nitrogen and oxygen atoms in total. The lowest BCUT2D eigenvalue weighted by Gasteiger charge is -2.24. The fourth-order valence-electron chi connectivity index (χ4n) is 1.58. The topological polar surface area (TPSA) is 49.4 Å². The summed E-state index contributed by atoms with van der Waals surface area (Å²) in [4.78, 5) is 13.6. The van der Waals surface area contributed by atoms with Crippen molar-refractivity contribution < 1.29 is 9.00 Å². The number of urea groups is 1. The summed E-state index contributed by atoms with van der Waals surface area (Å²) >= 11 is 12.0. The molecular formula is C13H18Cl2N2O2S. The molecule has 0 fully saturated rings. The van der Waals surface area contributed by atoms with E-state index in [9.17, 15) is 9.00 Å². The van der Waals surface area contributed by atoms with Crippen LogP contribution in [0.1, 0.15) is 12.5 Å². The fraction of sp³-hybridized carbons (Fsp3) is 0.462. The van der Waals surface area contributed by atoms with E-state index >= 15 is 0 Å². The number of benzene rings is 1. The van der Waals surface area contributed by atoms with E-state index in [2.05, 4.69) is 5.32 Å². The zero-order valence-corrected chi connectivity index (χ0v) is 14.2. The van der Waals surface area contributed by atoms with Crippen molar-refractivity contribution in [2.45, 2.75) is 19.9 Å². The zero-order chi connectivity index (χ0) is 15.4. The number of hydrogen-bond donors (Lipinski definition) is 1. The van der Waals surface area contributed by atoms with Crippen molar-refractivity contribution in [3.8, 4) is 0 Å². The molecule has 1 aromatic carbocycles. The Morgan fingerprint density at radius 2 is 1.90 bits per heavy atom. The third kappa shape index (κ3) is 4.65. The molecule has 0 bridgehead atoms. The standard InChI is InChI=1S/C13H18Cl2N2O2S/c1-8(7-20(4)19)17(3)13(18)16-10-5-11(14)9(2)12(15)6-10/h5-6,8H,7H2,1-4H3,(H,16,18)/t8-,20+/m0/s1. The van der Waals surface area contributed by atoms with Crippen LogP contribution in [0.3, 0.4) is 0 Å². The molecule has 0 heterocycles. The molecule has 0 aliphatic rings. The van der Waals surface area contributed by atoms with Crippen LogP contribution in [0.15, 0.2) is 12.1 Å². The average Bonchev–Trinajstić information content (AvgIpc) is 2.33. The lowest BCUT2D eigenvalue weighted by atomic mass is 10.2. The molecule has 2 amide bonds. The number of rotatable bonds is 4. The summed E-state index contributed by atoms with van der Waals surface area (Å²) in [5.74, 6) is 0.430. The Balaban J connectivity index is 2.78. The number of halogens is 2. The molecule has 0 spiro atoms. The van der Waals surface area contributed by atoms with E-state index in [1.165, 1.54) is 4.90 Å². The van der Waals surface area contributed by atoms with Crippen LogP contribution in [0.4, 0.5) is 10.5 Å². The molecule has 0 unspecified atom stereocenters. The quantitative estimate of drug-likeness (QED) is 0.914. The molecule has 1 N–H and O–H groups in total. The van der Waals surface area contributed by atoms with Gasteiger partial charge >= 0.3 is 6.03 Å². The van der Waals surface area contributed by atoms with Crippen molar-refractivity contribution >= 4 is 45.7 Å². The number of hydrogen-bond acceptors (Lipinski definition) is 2. The van der Waals surface area contributed by atoms with Crippen LogP contribution < -0.4 is 5.32 Å². The first-order valence-corrected chi connectivity index (χ1v) is 8.50. The van der Waals surface area contributed by atoms with Gasteiger partial charge in [-0.05, 0) is 31.5 Å². The Bertz CT molecular complexity index is 514. The molecule has 0 saturated carbocycles. The van der Waals surface area contributed by atoms with Gasteiger partial charge in [0.15, 0.2) is 0 Å². The van der Waals surface area contributed by atoms with Crippen LogP contribution >= 0.6 is 23.2 Å². The van der Waals surface area contributed by atoms with E-state index in [1.54, 1.807) is 32.4 Å². The average molecular weight is 337 g/mol. The second kappa shape index (κ2) is 7.29. The van der Waals surface area contributed by atoms with Gasteiger partial charge in [-0.3, -0.25) is 4.21 Å². The number of nitrogens with zero attached hydrogens (tertiary/aromatic N) is 1. The molecule has 1 rings (SSSR count). The number of carbonyl (C=O) groups is 1. The van der Waals surface area contributed by atoms with Crippen molar-refractivity contribution in [3.63, 3.8) is 0 Å². The van der Waals surface area contributed by atoms with Crippen molar-refractivity contribution in [1.82, 2.24) is 4.90 Å². The summed E-state index contributed by atoms with van der Waals surface area (Å²) in [6, 6.07) is 2.88. The van der Waals surface area contributed by atoms with E-state index in [1.807, 2.05) is 6.92 Å². The minimum atomic E-state index is -0.954. The first-order chi connectivity index (χ1) is 9.22. The van der Waals surface area contributed by atoms with E-state index in [4.69, 9.17) is 23.2 Å². The summed E-state index contributed by atoms with van der Waals surface area (Å²) in [5, 5.41) is 3.72. The molecule has 0 aliphatic carbocycles. The minimum Gasteiger partial charge on any atom is -0.324 e. The molecule has 112 valence electrons. The largest absolute Gasteiger partial charge is 0.324 e. The predicted octanol–water partition coefficient (Wildman–Crippen LogP) is 3.53. The second-order valence-corrected chi connectivity index (χ2v) is 6.99. The molecular weight excluding hydrogens is 319 g/mol.